The molecule has 0 bridgehead atoms. The Kier molecular flexibility index (Phi) is 7.87. The number of piperidine rings is 1. The third-order valence-corrected chi connectivity index (χ3v) is 8.74. The number of benzene rings is 2. The zero-order valence-electron chi connectivity index (χ0n) is 23.0. The number of carbonyl (C=O) groups excluding carboxylic acids is 3. The van der Waals surface area contributed by atoms with Crippen molar-refractivity contribution < 1.29 is 23.5 Å². The number of hydrogen-bond acceptors (Lipinski definition) is 4. The first-order chi connectivity index (χ1) is 18.7. The van der Waals surface area contributed by atoms with E-state index in [4.69, 9.17) is 4.74 Å². The molecule has 0 spiro atoms. The average Bonchev–Trinajstić information content (AvgIpc) is 3.28. The Morgan fingerprint density at radius 1 is 0.949 bits per heavy atom. The van der Waals surface area contributed by atoms with Crippen LogP contribution in [0.25, 0.3) is 10.9 Å². The van der Waals surface area contributed by atoms with E-state index in [1.165, 1.54) is 19.2 Å². The number of ketones is 2. The predicted molar refractivity (Wildman–Crippen MR) is 149 cm³/mol. The number of likely N-dealkylation sites (tertiary alicyclic amines) is 1. The van der Waals surface area contributed by atoms with Gasteiger partial charge in [-0.2, -0.15) is 0 Å². The number of methoxy groups -OCH3 is 1. The maximum atomic E-state index is 13.7. The van der Waals surface area contributed by atoms with Crippen molar-refractivity contribution in [2.45, 2.75) is 51.9 Å². The number of nitrogens with zero attached hydrogens (tertiary/aromatic N) is 2. The van der Waals surface area contributed by atoms with Crippen LogP contribution < -0.4 is 4.74 Å². The SMILES string of the molecule is COc1cc2c(cc1C(=O)N1CCC(Cc3ccc(F)cc3)CC1)c(C(=O)C(=O)C1CCC(C)CC1)cn2C. The molecular formula is C32H37FN2O4. The zero-order chi connectivity index (χ0) is 27.7. The molecule has 7 heteroatoms. The van der Waals surface area contributed by atoms with Crippen LogP contribution in [0.1, 0.15) is 71.7 Å². The topological polar surface area (TPSA) is 68.6 Å². The summed E-state index contributed by atoms with van der Waals surface area (Å²) >= 11 is 0. The molecule has 2 aromatic carbocycles. The first kappa shape index (κ1) is 27.1. The van der Waals surface area contributed by atoms with Crippen molar-refractivity contribution in [1.29, 1.82) is 0 Å². The summed E-state index contributed by atoms with van der Waals surface area (Å²) in [6.45, 7) is 3.42. The van der Waals surface area contributed by atoms with Crippen LogP contribution in [0, 0.1) is 23.6 Å². The van der Waals surface area contributed by atoms with Gasteiger partial charge in [-0.15, -0.1) is 0 Å². The molecule has 0 N–H and O–H groups in total. The lowest BCUT2D eigenvalue weighted by Crippen LogP contribution is -2.39. The van der Waals surface area contributed by atoms with E-state index in [0.717, 1.165) is 56.0 Å². The highest BCUT2D eigenvalue weighted by Gasteiger charge is 2.32. The standard InChI is InChI=1S/C32H37FN2O4/c1-20-4-8-23(9-5-20)30(36)31(37)27-19-34(2)28-18-29(39-3)26(17-25(27)28)32(38)35-14-12-22(13-15-35)16-21-6-10-24(33)11-7-21/h6-7,10-11,17-20,22-23H,4-5,8-9,12-16H2,1-3H3. The van der Waals surface area contributed by atoms with Crippen molar-refractivity contribution in [2.75, 3.05) is 20.2 Å². The van der Waals surface area contributed by atoms with Gasteiger partial charge in [-0.25, -0.2) is 4.39 Å². The average molecular weight is 533 g/mol. The molecule has 3 aromatic rings. The Hall–Kier alpha value is -3.48. The fourth-order valence-electron chi connectivity index (χ4n) is 6.23. The molecule has 206 valence electrons. The van der Waals surface area contributed by atoms with E-state index in [1.54, 1.807) is 18.3 Å². The van der Waals surface area contributed by atoms with Crippen LogP contribution in [-0.4, -0.2) is 47.1 Å². The van der Waals surface area contributed by atoms with E-state index in [2.05, 4.69) is 6.92 Å². The molecule has 6 nitrogen and oxygen atoms in total. The van der Waals surface area contributed by atoms with Crippen molar-refractivity contribution in [2.24, 2.45) is 24.8 Å². The van der Waals surface area contributed by atoms with E-state index in [9.17, 15) is 18.8 Å². The lowest BCUT2D eigenvalue weighted by Gasteiger charge is -2.32. The van der Waals surface area contributed by atoms with Crippen LogP contribution in [0.5, 0.6) is 5.75 Å². The summed E-state index contributed by atoms with van der Waals surface area (Å²) in [7, 11) is 3.37. The minimum Gasteiger partial charge on any atom is -0.496 e. The fraction of sp³-hybridized carbons (Fsp3) is 0.469. The number of amides is 1. The van der Waals surface area contributed by atoms with E-state index >= 15 is 0 Å². The van der Waals surface area contributed by atoms with Crippen LogP contribution in [0.3, 0.4) is 0 Å². The molecule has 5 rings (SSSR count). The maximum Gasteiger partial charge on any atom is 0.257 e. The number of aromatic nitrogens is 1. The van der Waals surface area contributed by atoms with Crippen molar-refractivity contribution in [1.82, 2.24) is 9.47 Å². The highest BCUT2D eigenvalue weighted by Crippen LogP contribution is 2.34. The van der Waals surface area contributed by atoms with Crippen LogP contribution in [-0.2, 0) is 18.3 Å². The molecule has 1 aliphatic heterocycles. The fourth-order valence-corrected chi connectivity index (χ4v) is 6.23. The number of ether oxygens (including phenoxy) is 1. The van der Waals surface area contributed by atoms with Crippen molar-refractivity contribution in [3.8, 4) is 5.75 Å². The predicted octanol–water partition coefficient (Wildman–Crippen LogP) is 6.00. The summed E-state index contributed by atoms with van der Waals surface area (Å²) in [5.74, 6) is 0.0943. The quantitative estimate of drug-likeness (QED) is 0.277. The van der Waals surface area contributed by atoms with Crippen LogP contribution in [0.4, 0.5) is 4.39 Å². The van der Waals surface area contributed by atoms with Gasteiger partial charge in [0, 0.05) is 43.7 Å². The van der Waals surface area contributed by atoms with Gasteiger partial charge < -0.3 is 14.2 Å². The summed E-state index contributed by atoms with van der Waals surface area (Å²) in [5.41, 5.74) is 2.61. The molecule has 1 saturated carbocycles. The summed E-state index contributed by atoms with van der Waals surface area (Å²) in [6, 6.07) is 10.1. The lowest BCUT2D eigenvalue weighted by molar-refractivity contribution is -0.119. The Morgan fingerprint density at radius 3 is 2.26 bits per heavy atom. The Bertz CT molecular complexity index is 1380. The molecule has 1 aliphatic carbocycles. The van der Waals surface area contributed by atoms with Gasteiger partial charge in [0.15, 0.2) is 0 Å². The normalized spacial score (nSPS) is 20.3. The lowest BCUT2D eigenvalue weighted by atomic mass is 9.79. The number of rotatable bonds is 7. The van der Waals surface area contributed by atoms with Gasteiger partial charge in [0.1, 0.15) is 11.6 Å². The maximum absolute atomic E-state index is 13.7. The second-order valence-corrected chi connectivity index (χ2v) is 11.4. The number of hydrogen-bond donors (Lipinski definition) is 0. The molecule has 39 heavy (non-hydrogen) atoms. The van der Waals surface area contributed by atoms with Gasteiger partial charge >= 0.3 is 0 Å². The molecule has 1 aromatic heterocycles. The van der Waals surface area contributed by atoms with Gasteiger partial charge in [-0.1, -0.05) is 31.9 Å². The molecular weight excluding hydrogens is 495 g/mol. The zero-order valence-corrected chi connectivity index (χ0v) is 23.0. The largest absolute Gasteiger partial charge is 0.496 e. The Labute approximate surface area is 229 Å². The van der Waals surface area contributed by atoms with Crippen LogP contribution >= 0.6 is 0 Å². The number of fused-ring (bicyclic) bond motifs is 1. The number of aryl methyl sites for hydroxylation is 1. The second-order valence-electron chi connectivity index (χ2n) is 11.4. The van der Waals surface area contributed by atoms with E-state index in [0.29, 0.717) is 47.2 Å². The van der Waals surface area contributed by atoms with E-state index in [1.807, 2.05) is 28.6 Å². The smallest absolute Gasteiger partial charge is 0.257 e. The Morgan fingerprint density at radius 2 is 1.62 bits per heavy atom. The molecule has 2 aliphatic rings. The van der Waals surface area contributed by atoms with Gasteiger partial charge in [0.2, 0.25) is 11.6 Å². The minimum atomic E-state index is -0.467. The van der Waals surface area contributed by atoms with Gasteiger partial charge in [0.25, 0.3) is 5.91 Å². The Balaban J connectivity index is 1.35. The summed E-state index contributed by atoms with van der Waals surface area (Å²) in [4.78, 5) is 42.0. The second kappa shape index (κ2) is 11.3. The van der Waals surface area contributed by atoms with Crippen molar-refractivity contribution in [3.63, 3.8) is 0 Å². The van der Waals surface area contributed by atoms with Crippen molar-refractivity contribution in [3.05, 3.63) is 65.1 Å². The van der Waals surface area contributed by atoms with Crippen LogP contribution in [0.2, 0.25) is 0 Å². The highest BCUT2D eigenvalue weighted by molar-refractivity contribution is 6.46. The molecule has 2 fully saturated rings. The van der Waals surface area contributed by atoms with Crippen LogP contribution in [0.15, 0.2) is 42.6 Å². The van der Waals surface area contributed by atoms with E-state index in [-0.39, 0.29) is 23.4 Å². The first-order valence-electron chi connectivity index (χ1n) is 14.0. The third kappa shape index (κ3) is 5.63. The summed E-state index contributed by atoms with van der Waals surface area (Å²) < 4.78 is 20.7. The van der Waals surface area contributed by atoms with Crippen molar-refractivity contribution >= 4 is 28.4 Å². The monoisotopic (exact) mass is 532 g/mol. The van der Waals surface area contributed by atoms with Gasteiger partial charge in [-0.3, -0.25) is 14.4 Å². The van der Waals surface area contributed by atoms with Gasteiger partial charge in [0.05, 0.1) is 23.8 Å². The first-order valence-corrected chi connectivity index (χ1v) is 14.0. The molecule has 0 atom stereocenters. The molecule has 0 unspecified atom stereocenters. The minimum absolute atomic E-state index is 0.135. The molecule has 2 heterocycles. The van der Waals surface area contributed by atoms with E-state index < -0.39 is 5.78 Å². The number of Topliss-reactive ketones (excluding diaryl/α,β-unsaturated/α-hetero) is 2. The molecule has 0 radical (unpaired) electrons. The molecule has 1 amide bonds. The highest BCUT2D eigenvalue weighted by atomic mass is 19.1. The number of carbonyl (C=O) groups is 3. The summed E-state index contributed by atoms with van der Waals surface area (Å²) in [5, 5.41) is 0.607. The number of halogens is 1. The third-order valence-electron chi connectivity index (χ3n) is 8.74. The van der Waals surface area contributed by atoms with Gasteiger partial charge in [-0.05, 0) is 67.7 Å². The summed E-state index contributed by atoms with van der Waals surface area (Å²) in [6.07, 6.45) is 7.72. The molecule has 1 saturated heterocycles.